The van der Waals surface area contributed by atoms with E-state index in [4.69, 9.17) is 0 Å². The summed E-state index contributed by atoms with van der Waals surface area (Å²) in [4.78, 5) is 25.2. The third kappa shape index (κ3) is 3.94. The summed E-state index contributed by atoms with van der Waals surface area (Å²) in [6.07, 6.45) is -3.94. The number of hydrogen-bond donors (Lipinski definition) is 1. The number of alkyl halides is 3. The van der Waals surface area contributed by atoms with Crippen LogP contribution in [0, 0.1) is 0 Å². The lowest BCUT2D eigenvalue weighted by atomic mass is 10.1. The van der Waals surface area contributed by atoms with E-state index >= 15 is 0 Å². The van der Waals surface area contributed by atoms with E-state index < -0.39 is 17.6 Å². The summed E-state index contributed by atoms with van der Waals surface area (Å²) in [6.45, 7) is 2.18. The van der Waals surface area contributed by atoms with Crippen LogP contribution in [0.5, 0.6) is 0 Å². The van der Waals surface area contributed by atoms with E-state index in [9.17, 15) is 22.8 Å². The lowest BCUT2D eigenvalue weighted by molar-refractivity contribution is -0.138. The van der Waals surface area contributed by atoms with Crippen molar-refractivity contribution in [1.29, 1.82) is 0 Å². The van der Waals surface area contributed by atoms with Gasteiger partial charge in [-0.1, -0.05) is 41.1 Å². The fourth-order valence-corrected chi connectivity index (χ4v) is 3.25. The van der Waals surface area contributed by atoms with E-state index in [2.05, 4.69) is 26.3 Å². The van der Waals surface area contributed by atoms with Gasteiger partial charge < -0.3 is 5.32 Å². The number of halogens is 4. The molecule has 0 spiro atoms. The molecule has 0 aliphatic heterocycles. The van der Waals surface area contributed by atoms with Gasteiger partial charge in [-0.3, -0.25) is 9.59 Å². The first-order valence-corrected chi connectivity index (χ1v) is 9.19. The van der Waals surface area contributed by atoms with Gasteiger partial charge in [0.25, 0.3) is 11.5 Å². The first-order chi connectivity index (χ1) is 13.2. The zero-order chi connectivity index (χ0) is 20.5. The predicted molar refractivity (Wildman–Crippen MR) is 103 cm³/mol. The van der Waals surface area contributed by atoms with Crippen molar-refractivity contribution in [1.82, 2.24) is 9.78 Å². The summed E-state index contributed by atoms with van der Waals surface area (Å²) in [7, 11) is 0. The quantitative estimate of drug-likeness (QED) is 0.614. The van der Waals surface area contributed by atoms with Gasteiger partial charge in [-0.05, 0) is 30.7 Å². The summed E-state index contributed by atoms with van der Waals surface area (Å²) in [5.74, 6) is -0.698. The molecule has 1 N–H and O–H groups in total. The molecule has 1 heterocycles. The average molecular weight is 454 g/mol. The van der Waals surface area contributed by atoms with Crippen LogP contribution < -0.4 is 10.9 Å². The Morgan fingerprint density at radius 2 is 1.86 bits per heavy atom. The van der Waals surface area contributed by atoms with Gasteiger partial charge in [0.15, 0.2) is 5.69 Å². The maximum absolute atomic E-state index is 13.1. The minimum atomic E-state index is -4.57. The molecule has 3 rings (SSSR count). The van der Waals surface area contributed by atoms with Crippen LogP contribution in [0.3, 0.4) is 0 Å². The van der Waals surface area contributed by atoms with Crippen LogP contribution in [0.4, 0.5) is 18.9 Å². The van der Waals surface area contributed by atoms with E-state index in [1.807, 2.05) is 6.92 Å². The molecule has 146 valence electrons. The number of fused-ring (bicyclic) bond motifs is 1. The van der Waals surface area contributed by atoms with Crippen LogP contribution >= 0.6 is 15.9 Å². The molecule has 1 aromatic heterocycles. The number of aromatic nitrogens is 2. The van der Waals surface area contributed by atoms with E-state index in [-0.39, 0.29) is 21.4 Å². The van der Waals surface area contributed by atoms with Gasteiger partial charge >= 0.3 is 6.18 Å². The molecule has 0 bridgehead atoms. The van der Waals surface area contributed by atoms with Gasteiger partial charge in [-0.15, -0.1) is 0 Å². The molecule has 0 saturated heterocycles. The third-order valence-electron chi connectivity index (χ3n) is 4.05. The van der Waals surface area contributed by atoms with Crippen molar-refractivity contribution in [3.63, 3.8) is 0 Å². The third-order valence-corrected chi connectivity index (χ3v) is 4.74. The number of aryl methyl sites for hydroxylation is 1. The summed E-state index contributed by atoms with van der Waals surface area (Å²) >= 11 is 2.86. The van der Waals surface area contributed by atoms with Crippen LogP contribution in [0.25, 0.3) is 10.8 Å². The Balaban J connectivity index is 2.05. The number of carbonyl (C=O) groups excluding carboxylic acids is 1. The zero-order valence-corrected chi connectivity index (χ0v) is 16.3. The van der Waals surface area contributed by atoms with Gasteiger partial charge in [0.1, 0.15) is 0 Å². The molecule has 28 heavy (non-hydrogen) atoms. The van der Waals surface area contributed by atoms with E-state index in [1.165, 1.54) is 16.8 Å². The Bertz CT molecular complexity index is 1110. The summed E-state index contributed by atoms with van der Waals surface area (Å²) in [5, 5.41) is 7.24. The normalized spacial score (nSPS) is 11.6. The molecular formula is C19H15BrF3N3O2. The number of carbonyl (C=O) groups is 1. The van der Waals surface area contributed by atoms with Crippen LogP contribution in [0.1, 0.15) is 29.4 Å². The van der Waals surface area contributed by atoms with Crippen LogP contribution in [0.15, 0.2) is 51.7 Å². The Morgan fingerprint density at radius 3 is 2.50 bits per heavy atom. The highest BCUT2D eigenvalue weighted by molar-refractivity contribution is 9.10. The average Bonchev–Trinajstić information content (AvgIpc) is 2.65. The summed E-state index contributed by atoms with van der Waals surface area (Å²) < 4.78 is 40.3. The summed E-state index contributed by atoms with van der Waals surface area (Å²) in [6, 6.07) is 9.90. The van der Waals surface area contributed by atoms with Gasteiger partial charge in [-0.25, -0.2) is 4.68 Å². The van der Waals surface area contributed by atoms with Crippen LogP contribution in [0.2, 0.25) is 0 Å². The van der Waals surface area contributed by atoms with Crippen molar-refractivity contribution < 1.29 is 18.0 Å². The van der Waals surface area contributed by atoms with Crippen LogP contribution in [-0.2, 0) is 12.7 Å². The highest BCUT2D eigenvalue weighted by Crippen LogP contribution is 2.36. The lowest BCUT2D eigenvalue weighted by Gasteiger charge is -2.13. The van der Waals surface area contributed by atoms with E-state index in [0.29, 0.717) is 23.7 Å². The Labute approximate surface area is 166 Å². The predicted octanol–water partition coefficient (Wildman–Crippen LogP) is 4.84. The van der Waals surface area contributed by atoms with Gasteiger partial charge in [0, 0.05) is 22.1 Å². The second-order valence-electron chi connectivity index (χ2n) is 6.07. The fourth-order valence-electron chi connectivity index (χ4n) is 2.78. The molecule has 0 unspecified atom stereocenters. The van der Waals surface area contributed by atoms with Crippen molar-refractivity contribution in [2.75, 3.05) is 5.32 Å². The zero-order valence-electron chi connectivity index (χ0n) is 14.7. The number of nitrogens with one attached hydrogen (secondary N) is 1. The highest BCUT2D eigenvalue weighted by Gasteiger charge is 2.33. The molecule has 0 aliphatic carbocycles. The number of amides is 1. The maximum Gasteiger partial charge on any atom is 0.417 e. The highest BCUT2D eigenvalue weighted by atomic mass is 79.9. The monoisotopic (exact) mass is 453 g/mol. The minimum Gasteiger partial charge on any atom is -0.321 e. The first kappa shape index (κ1) is 20.1. The van der Waals surface area contributed by atoms with Crippen molar-refractivity contribution in [2.45, 2.75) is 26.1 Å². The second-order valence-corrected chi connectivity index (χ2v) is 6.92. The fraction of sp³-hybridized carbons (Fsp3) is 0.211. The minimum absolute atomic E-state index is 0.0277. The number of anilines is 1. The molecule has 1 amide bonds. The van der Waals surface area contributed by atoms with Crippen molar-refractivity contribution >= 4 is 38.3 Å². The topological polar surface area (TPSA) is 64.0 Å². The van der Waals surface area contributed by atoms with Crippen molar-refractivity contribution in [2.24, 2.45) is 0 Å². The Hall–Kier alpha value is -2.68. The van der Waals surface area contributed by atoms with E-state index in [0.717, 1.165) is 6.07 Å². The molecular weight excluding hydrogens is 439 g/mol. The van der Waals surface area contributed by atoms with Gasteiger partial charge in [0.2, 0.25) is 0 Å². The molecule has 0 aliphatic rings. The number of rotatable bonds is 4. The number of benzene rings is 2. The molecule has 0 radical (unpaired) electrons. The first-order valence-electron chi connectivity index (χ1n) is 8.40. The molecule has 9 heteroatoms. The SMILES string of the molecule is CCCn1nc(C(=O)Nc2ccc(Br)c(C(F)(F)F)c2)c2ccccc2c1=O. The lowest BCUT2D eigenvalue weighted by Crippen LogP contribution is -2.27. The number of nitrogens with zero attached hydrogens (tertiary/aromatic N) is 2. The molecule has 0 saturated carbocycles. The molecule has 0 fully saturated rings. The van der Waals surface area contributed by atoms with Crippen LogP contribution in [-0.4, -0.2) is 15.7 Å². The second kappa shape index (κ2) is 7.75. The maximum atomic E-state index is 13.1. The van der Waals surface area contributed by atoms with Crippen molar-refractivity contribution in [3.05, 3.63) is 68.5 Å². The summed E-state index contributed by atoms with van der Waals surface area (Å²) in [5.41, 5.74) is -1.28. The van der Waals surface area contributed by atoms with E-state index in [1.54, 1.807) is 24.3 Å². The molecule has 2 aromatic carbocycles. The Morgan fingerprint density at radius 1 is 1.18 bits per heavy atom. The molecule has 5 nitrogen and oxygen atoms in total. The Kier molecular flexibility index (Phi) is 5.55. The largest absolute Gasteiger partial charge is 0.417 e. The van der Waals surface area contributed by atoms with Crippen molar-refractivity contribution in [3.8, 4) is 0 Å². The standard InChI is InChI=1S/C19H15BrF3N3O2/c1-2-9-26-18(28)13-6-4-3-5-12(13)16(25-26)17(27)24-11-7-8-15(20)14(10-11)19(21,22)23/h3-8,10H,2,9H2,1H3,(H,24,27). The number of hydrogen-bond acceptors (Lipinski definition) is 3. The molecule has 3 aromatic rings. The van der Waals surface area contributed by atoms with Gasteiger partial charge in [-0.2, -0.15) is 18.3 Å². The smallest absolute Gasteiger partial charge is 0.321 e. The van der Waals surface area contributed by atoms with Gasteiger partial charge in [0.05, 0.1) is 10.9 Å². The molecule has 0 atom stereocenters.